The van der Waals surface area contributed by atoms with Crippen LogP contribution in [-0.2, 0) is 11.8 Å². The van der Waals surface area contributed by atoms with E-state index in [4.69, 9.17) is 0 Å². The van der Waals surface area contributed by atoms with Gasteiger partial charge in [-0.05, 0) is 73.0 Å². The molecule has 2 bridgehead atoms. The van der Waals surface area contributed by atoms with Gasteiger partial charge in [0.1, 0.15) is 0 Å². The Hall–Kier alpha value is -1.04. The molecule has 3 aliphatic carbocycles. The Balaban J connectivity index is 1.77. The molecule has 0 heterocycles. The fraction of sp³-hybridized carbons (Fsp3) is 0.600. The van der Waals surface area contributed by atoms with E-state index in [1.165, 1.54) is 38.5 Å². The molecule has 4 atom stereocenters. The Morgan fingerprint density at radius 3 is 2.90 bits per heavy atom. The first kappa shape index (κ1) is 12.7. The average molecular weight is 266 g/mol. The zero-order valence-electron chi connectivity index (χ0n) is 12.9. The van der Waals surface area contributed by atoms with Crippen molar-refractivity contribution in [1.29, 1.82) is 0 Å². The number of hydrogen-bond acceptors (Lipinski definition) is 0. The van der Waals surface area contributed by atoms with Crippen LogP contribution < -0.4 is 0 Å². The lowest BCUT2D eigenvalue weighted by molar-refractivity contribution is 0.303. The highest BCUT2D eigenvalue weighted by Gasteiger charge is 2.50. The zero-order valence-corrected chi connectivity index (χ0v) is 12.9. The molecule has 3 aliphatic rings. The fourth-order valence-electron chi connectivity index (χ4n) is 5.13. The number of fused-ring (bicyclic) bond motifs is 5. The van der Waals surface area contributed by atoms with E-state index in [2.05, 4.69) is 44.2 Å². The molecule has 20 heavy (non-hydrogen) atoms. The van der Waals surface area contributed by atoms with Gasteiger partial charge >= 0.3 is 0 Å². The molecule has 0 radical (unpaired) electrons. The van der Waals surface area contributed by atoms with E-state index in [9.17, 15) is 0 Å². The smallest absolute Gasteiger partial charge is 0.00243 e. The maximum atomic E-state index is 2.54. The molecule has 0 amide bonds. The number of benzene rings is 1. The lowest BCUT2D eigenvalue weighted by atomic mass is 9.63. The second-order valence-electron chi connectivity index (χ2n) is 7.43. The predicted octanol–water partition coefficient (Wildman–Crippen LogP) is 5.37. The predicted molar refractivity (Wildman–Crippen MR) is 85.1 cm³/mol. The highest BCUT2D eigenvalue weighted by Crippen LogP contribution is 2.58. The van der Waals surface area contributed by atoms with E-state index in [1.807, 2.05) is 0 Å². The molecule has 4 unspecified atom stereocenters. The second kappa shape index (κ2) is 4.48. The van der Waals surface area contributed by atoms with Gasteiger partial charge in [0.25, 0.3) is 0 Å². The summed E-state index contributed by atoms with van der Waals surface area (Å²) in [7, 11) is 0. The molecule has 1 fully saturated rings. The third kappa shape index (κ3) is 1.66. The monoisotopic (exact) mass is 266 g/mol. The molecule has 1 spiro atoms. The van der Waals surface area contributed by atoms with Gasteiger partial charge in [-0.3, -0.25) is 0 Å². The van der Waals surface area contributed by atoms with Crippen LogP contribution >= 0.6 is 0 Å². The van der Waals surface area contributed by atoms with Crippen LogP contribution in [-0.4, -0.2) is 0 Å². The quantitative estimate of drug-likeness (QED) is 0.631. The summed E-state index contributed by atoms with van der Waals surface area (Å²) in [6, 6.07) is 7.47. The van der Waals surface area contributed by atoms with Gasteiger partial charge in [-0.2, -0.15) is 0 Å². The third-order valence-corrected chi connectivity index (χ3v) is 6.42. The van der Waals surface area contributed by atoms with Crippen molar-refractivity contribution in [3.8, 4) is 0 Å². The summed E-state index contributed by atoms with van der Waals surface area (Å²) in [5.41, 5.74) is 5.46. The van der Waals surface area contributed by atoms with Crippen molar-refractivity contribution in [3.63, 3.8) is 0 Å². The van der Waals surface area contributed by atoms with E-state index in [1.54, 1.807) is 16.7 Å². The van der Waals surface area contributed by atoms with Crippen LogP contribution in [0, 0.1) is 11.8 Å². The molecular formula is C20H26. The van der Waals surface area contributed by atoms with E-state index in [0.717, 1.165) is 11.8 Å². The summed E-state index contributed by atoms with van der Waals surface area (Å²) < 4.78 is 0. The molecule has 0 nitrogen and oxygen atoms in total. The number of hydrogen-bond donors (Lipinski definition) is 0. The summed E-state index contributed by atoms with van der Waals surface area (Å²) in [6.45, 7) is 4.66. The molecule has 0 aromatic heterocycles. The van der Waals surface area contributed by atoms with Crippen molar-refractivity contribution in [3.05, 3.63) is 47.0 Å². The Kier molecular flexibility index (Phi) is 2.84. The topological polar surface area (TPSA) is 0 Å². The minimum atomic E-state index is 0.515. The Morgan fingerprint density at radius 1 is 1.30 bits per heavy atom. The molecule has 1 saturated carbocycles. The van der Waals surface area contributed by atoms with Crippen LogP contribution in [0.3, 0.4) is 0 Å². The third-order valence-electron chi connectivity index (χ3n) is 6.42. The average Bonchev–Trinajstić information content (AvgIpc) is 3.07. The SMILES string of the molecule is CCC(C)c1ccc2c(c1)CCCC21CC2C=CC1C2. The van der Waals surface area contributed by atoms with E-state index >= 15 is 0 Å². The molecule has 1 aromatic carbocycles. The van der Waals surface area contributed by atoms with Gasteiger partial charge < -0.3 is 0 Å². The fourth-order valence-corrected chi connectivity index (χ4v) is 5.13. The lowest BCUT2D eigenvalue weighted by Crippen LogP contribution is -2.35. The van der Waals surface area contributed by atoms with Crippen LogP contribution in [0.4, 0.5) is 0 Å². The van der Waals surface area contributed by atoms with Crippen molar-refractivity contribution < 1.29 is 0 Å². The normalized spacial score (nSPS) is 35.5. The van der Waals surface area contributed by atoms with Gasteiger partial charge in [-0.25, -0.2) is 0 Å². The van der Waals surface area contributed by atoms with Crippen LogP contribution in [0.25, 0.3) is 0 Å². The number of rotatable bonds is 2. The minimum absolute atomic E-state index is 0.515. The molecule has 1 aromatic rings. The maximum Gasteiger partial charge on any atom is 0.00243 e. The van der Waals surface area contributed by atoms with Gasteiger partial charge in [-0.1, -0.05) is 44.2 Å². The first-order valence-corrected chi connectivity index (χ1v) is 8.54. The lowest BCUT2D eigenvalue weighted by Gasteiger charge is -2.41. The largest absolute Gasteiger partial charge is 0.0851 e. The van der Waals surface area contributed by atoms with Crippen molar-refractivity contribution in [2.45, 2.75) is 63.7 Å². The van der Waals surface area contributed by atoms with Crippen molar-refractivity contribution in [1.82, 2.24) is 0 Å². The summed E-state index contributed by atoms with van der Waals surface area (Å²) in [5, 5.41) is 0. The Morgan fingerprint density at radius 2 is 2.20 bits per heavy atom. The van der Waals surface area contributed by atoms with Gasteiger partial charge in [0.05, 0.1) is 0 Å². The van der Waals surface area contributed by atoms with Crippen LogP contribution in [0.15, 0.2) is 30.4 Å². The highest BCUT2D eigenvalue weighted by molar-refractivity contribution is 5.44. The first-order valence-electron chi connectivity index (χ1n) is 8.54. The first-order chi connectivity index (χ1) is 9.73. The standard InChI is InChI=1S/C20H26/c1-3-14(2)16-7-9-19-17(12-16)5-4-10-20(19)13-15-6-8-18(20)11-15/h6-9,12,14-15,18H,3-5,10-11,13H2,1-2H3. The number of allylic oxidation sites excluding steroid dienone is 2. The summed E-state index contributed by atoms with van der Waals surface area (Å²) in [4.78, 5) is 0. The van der Waals surface area contributed by atoms with Gasteiger partial charge in [0, 0.05) is 5.41 Å². The molecule has 106 valence electrons. The molecular weight excluding hydrogens is 240 g/mol. The maximum absolute atomic E-state index is 2.54. The van der Waals surface area contributed by atoms with Crippen LogP contribution in [0.2, 0.25) is 0 Å². The van der Waals surface area contributed by atoms with E-state index < -0.39 is 0 Å². The van der Waals surface area contributed by atoms with Crippen molar-refractivity contribution in [2.24, 2.45) is 11.8 Å². The Labute approximate surface area is 123 Å². The molecule has 4 rings (SSSR count). The van der Waals surface area contributed by atoms with Gasteiger partial charge in [0.15, 0.2) is 0 Å². The van der Waals surface area contributed by atoms with Crippen molar-refractivity contribution in [2.75, 3.05) is 0 Å². The molecule has 0 N–H and O–H groups in total. The van der Waals surface area contributed by atoms with Crippen LogP contribution in [0.1, 0.15) is 68.6 Å². The zero-order chi connectivity index (χ0) is 13.7. The van der Waals surface area contributed by atoms with Gasteiger partial charge in [-0.15, -0.1) is 0 Å². The minimum Gasteiger partial charge on any atom is -0.0851 e. The van der Waals surface area contributed by atoms with Crippen LogP contribution in [0.5, 0.6) is 0 Å². The second-order valence-corrected chi connectivity index (χ2v) is 7.43. The Bertz CT molecular complexity index is 553. The summed E-state index contributed by atoms with van der Waals surface area (Å²) in [6.07, 6.45) is 13.2. The molecule has 0 heteroatoms. The van der Waals surface area contributed by atoms with E-state index in [0.29, 0.717) is 11.3 Å². The molecule has 0 saturated heterocycles. The van der Waals surface area contributed by atoms with E-state index in [-0.39, 0.29) is 0 Å². The highest BCUT2D eigenvalue weighted by atomic mass is 14.5. The summed E-state index contributed by atoms with van der Waals surface area (Å²) in [5.74, 6) is 2.42. The van der Waals surface area contributed by atoms with Crippen molar-refractivity contribution >= 4 is 0 Å². The number of aryl methyl sites for hydroxylation is 1. The molecule has 0 aliphatic heterocycles. The van der Waals surface area contributed by atoms with Gasteiger partial charge in [0.2, 0.25) is 0 Å². The summed E-state index contributed by atoms with van der Waals surface area (Å²) >= 11 is 0.